The summed E-state index contributed by atoms with van der Waals surface area (Å²) in [6.45, 7) is 4.00. The molecule has 1 rings (SSSR count). The van der Waals surface area contributed by atoms with E-state index in [0.717, 1.165) is 5.69 Å². The fourth-order valence-corrected chi connectivity index (χ4v) is 0.794. The molecule has 0 aliphatic rings. The lowest BCUT2D eigenvalue weighted by Crippen LogP contribution is -2.24. The summed E-state index contributed by atoms with van der Waals surface area (Å²) < 4.78 is 4.88. The molecule has 1 aromatic heterocycles. The van der Waals surface area contributed by atoms with Crippen LogP contribution in [0.4, 0.5) is 10.7 Å². The molecule has 0 saturated carbocycles. The molecule has 2 N–H and O–H groups in total. The van der Waals surface area contributed by atoms with E-state index in [1.165, 1.54) is 7.05 Å². The van der Waals surface area contributed by atoms with Gasteiger partial charge in [0.25, 0.3) is 0 Å². The van der Waals surface area contributed by atoms with Gasteiger partial charge in [-0.1, -0.05) is 19.0 Å². The molecule has 0 saturated heterocycles. The van der Waals surface area contributed by atoms with Crippen LogP contribution in [0.15, 0.2) is 10.6 Å². The Balaban J connectivity index is 2.64. The Hall–Kier alpha value is -1.52. The smallest absolute Gasteiger partial charge is 0.321 e. The van der Waals surface area contributed by atoms with Crippen LogP contribution in [0.2, 0.25) is 0 Å². The third-order valence-corrected chi connectivity index (χ3v) is 1.58. The Morgan fingerprint density at radius 3 is 2.77 bits per heavy atom. The van der Waals surface area contributed by atoms with E-state index in [2.05, 4.69) is 15.8 Å². The van der Waals surface area contributed by atoms with Crippen molar-refractivity contribution in [2.45, 2.75) is 19.8 Å². The molecule has 0 unspecified atom stereocenters. The van der Waals surface area contributed by atoms with Gasteiger partial charge in [0, 0.05) is 13.1 Å². The number of urea groups is 1. The molecule has 0 aromatic carbocycles. The molecule has 0 atom stereocenters. The van der Waals surface area contributed by atoms with Crippen molar-refractivity contribution in [1.29, 1.82) is 0 Å². The number of nitrogens with zero attached hydrogens (tertiary/aromatic N) is 1. The van der Waals surface area contributed by atoms with E-state index in [1.54, 1.807) is 6.07 Å². The number of anilines is 1. The van der Waals surface area contributed by atoms with Gasteiger partial charge in [0.1, 0.15) is 0 Å². The number of amides is 2. The van der Waals surface area contributed by atoms with Crippen molar-refractivity contribution in [3.8, 4) is 0 Å². The molecule has 0 aliphatic heterocycles. The Bertz CT molecular complexity index is 293. The Labute approximate surface area is 76.5 Å². The van der Waals surface area contributed by atoms with E-state index in [1.807, 2.05) is 13.8 Å². The highest BCUT2D eigenvalue weighted by Gasteiger charge is 2.08. The van der Waals surface area contributed by atoms with Crippen molar-refractivity contribution >= 4 is 11.9 Å². The summed E-state index contributed by atoms with van der Waals surface area (Å²) in [5.41, 5.74) is 0.825. The summed E-state index contributed by atoms with van der Waals surface area (Å²) in [4.78, 5) is 10.9. The molecule has 0 bridgehead atoms. The second kappa shape index (κ2) is 3.93. The molecular formula is C8H13N3O2. The van der Waals surface area contributed by atoms with Crippen molar-refractivity contribution in [1.82, 2.24) is 10.5 Å². The first-order chi connectivity index (χ1) is 6.13. The maximum atomic E-state index is 10.9. The summed E-state index contributed by atoms with van der Waals surface area (Å²) in [5.74, 6) is 0.659. The van der Waals surface area contributed by atoms with Crippen molar-refractivity contribution in [2.75, 3.05) is 12.4 Å². The van der Waals surface area contributed by atoms with Crippen LogP contribution in [0.3, 0.4) is 0 Å². The first-order valence-electron chi connectivity index (χ1n) is 4.09. The highest BCUT2D eigenvalue weighted by atomic mass is 16.5. The van der Waals surface area contributed by atoms with Gasteiger partial charge >= 0.3 is 6.03 Å². The number of carbonyl (C=O) groups is 1. The van der Waals surface area contributed by atoms with Gasteiger partial charge in [0.05, 0.1) is 5.69 Å². The fourth-order valence-electron chi connectivity index (χ4n) is 0.794. The number of carbonyl (C=O) groups excluding carboxylic acids is 1. The molecule has 1 aromatic rings. The van der Waals surface area contributed by atoms with Gasteiger partial charge < -0.3 is 9.84 Å². The van der Waals surface area contributed by atoms with Gasteiger partial charge in [0.15, 0.2) is 0 Å². The molecule has 5 nitrogen and oxygen atoms in total. The monoisotopic (exact) mass is 183 g/mol. The number of hydrogen-bond donors (Lipinski definition) is 2. The van der Waals surface area contributed by atoms with Crippen LogP contribution in [-0.2, 0) is 0 Å². The van der Waals surface area contributed by atoms with Crippen LogP contribution >= 0.6 is 0 Å². The third-order valence-electron chi connectivity index (χ3n) is 1.58. The minimum absolute atomic E-state index is 0.295. The zero-order valence-electron chi connectivity index (χ0n) is 7.92. The quantitative estimate of drug-likeness (QED) is 0.731. The zero-order chi connectivity index (χ0) is 9.84. The van der Waals surface area contributed by atoms with Crippen molar-refractivity contribution in [2.24, 2.45) is 0 Å². The Morgan fingerprint density at radius 1 is 1.62 bits per heavy atom. The molecule has 72 valence electrons. The lowest BCUT2D eigenvalue weighted by atomic mass is 10.1. The number of aromatic nitrogens is 1. The SMILES string of the molecule is CNC(=O)Nc1cc(C(C)C)no1. The predicted octanol–water partition coefficient (Wildman–Crippen LogP) is 1.55. The largest absolute Gasteiger partial charge is 0.341 e. The molecule has 0 radical (unpaired) electrons. The minimum atomic E-state index is -0.313. The molecule has 5 heteroatoms. The minimum Gasteiger partial charge on any atom is -0.341 e. The first-order valence-corrected chi connectivity index (χ1v) is 4.09. The van der Waals surface area contributed by atoms with Crippen LogP contribution in [0.25, 0.3) is 0 Å². The number of rotatable bonds is 2. The molecule has 13 heavy (non-hydrogen) atoms. The standard InChI is InChI=1S/C8H13N3O2/c1-5(2)6-4-7(13-11-6)10-8(12)9-3/h4-5H,1-3H3,(H2,9,10,12). The second-order valence-electron chi connectivity index (χ2n) is 2.97. The van der Waals surface area contributed by atoms with E-state index in [-0.39, 0.29) is 6.03 Å². The maximum absolute atomic E-state index is 10.9. The lowest BCUT2D eigenvalue weighted by Gasteiger charge is -1.97. The summed E-state index contributed by atoms with van der Waals surface area (Å²) in [5, 5.41) is 8.69. The highest BCUT2D eigenvalue weighted by molar-refractivity contribution is 5.87. The second-order valence-corrected chi connectivity index (χ2v) is 2.97. The molecule has 0 fully saturated rings. The van der Waals surface area contributed by atoms with E-state index < -0.39 is 0 Å². The van der Waals surface area contributed by atoms with Crippen LogP contribution in [0, 0.1) is 0 Å². The molecule has 2 amide bonds. The molecular weight excluding hydrogens is 170 g/mol. The Morgan fingerprint density at radius 2 is 2.31 bits per heavy atom. The van der Waals surface area contributed by atoms with Gasteiger partial charge in [0.2, 0.25) is 5.88 Å². The van der Waals surface area contributed by atoms with Gasteiger partial charge in [-0.15, -0.1) is 0 Å². The van der Waals surface area contributed by atoms with Gasteiger partial charge in [-0.3, -0.25) is 5.32 Å². The van der Waals surface area contributed by atoms with Crippen molar-refractivity contribution < 1.29 is 9.32 Å². The topological polar surface area (TPSA) is 67.2 Å². The van der Waals surface area contributed by atoms with Crippen LogP contribution < -0.4 is 10.6 Å². The van der Waals surface area contributed by atoms with Gasteiger partial charge in [-0.2, -0.15) is 0 Å². The lowest BCUT2D eigenvalue weighted by molar-refractivity contribution is 0.253. The molecule has 1 heterocycles. The van der Waals surface area contributed by atoms with E-state index >= 15 is 0 Å². The van der Waals surface area contributed by atoms with Crippen LogP contribution in [-0.4, -0.2) is 18.2 Å². The van der Waals surface area contributed by atoms with Gasteiger partial charge in [-0.25, -0.2) is 4.79 Å². The average Bonchev–Trinajstić information content (AvgIpc) is 2.52. The van der Waals surface area contributed by atoms with Crippen molar-refractivity contribution in [3.05, 3.63) is 11.8 Å². The summed E-state index contributed by atoms with van der Waals surface area (Å²) in [6, 6.07) is 1.39. The van der Waals surface area contributed by atoms with E-state index in [4.69, 9.17) is 4.52 Å². The van der Waals surface area contributed by atoms with Crippen LogP contribution in [0.1, 0.15) is 25.5 Å². The van der Waals surface area contributed by atoms with E-state index in [0.29, 0.717) is 11.8 Å². The molecule has 0 aliphatic carbocycles. The van der Waals surface area contributed by atoms with Gasteiger partial charge in [-0.05, 0) is 5.92 Å². The predicted molar refractivity (Wildman–Crippen MR) is 48.7 cm³/mol. The van der Waals surface area contributed by atoms with Crippen molar-refractivity contribution in [3.63, 3.8) is 0 Å². The normalized spacial score (nSPS) is 10.2. The summed E-state index contributed by atoms with van der Waals surface area (Å²) >= 11 is 0. The first kappa shape index (κ1) is 9.57. The summed E-state index contributed by atoms with van der Waals surface area (Å²) in [7, 11) is 1.54. The zero-order valence-corrected chi connectivity index (χ0v) is 7.92. The number of nitrogens with one attached hydrogen (secondary N) is 2. The number of hydrogen-bond acceptors (Lipinski definition) is 3. The third kappa shape index (κ3) is 2.47. The highest BCUT2D eigenvalue weighted by Crippen LogP contribution is 2.16. The maximum Gasteiger partial charge on any atom is 0.321 e. The fraction of sp³-hybridized carbons (Fsp3) is 0.500. The average molecular weight is 183 g/mol. The summed E-state index contributed by atoms with van der Waals surface area (Å²) in [6.07, 6.45) is 0. The van der Waals surface area contributed by atoms with Crippen LogP contribution in [0.5, 0.6) is 0 Å². The molecule has 0 spiro atoms. The van der Waals surface area contributed by atoms with E-state index in [9.17, 15) is 4.79 Å². The Kier molecular flexibility index (Phi) is 2.89.